The van der Waals surface area contributed by atoms with Gasteiger partial charge in [0.25, 0.3) is 0 Å². The first-order valence-corrected chi connectivity index (χ1v) is 4.88. The normalized spacial score (nSPS) is 22.7. The molecular weight excluding hydrogens is 178 g/mol. The van der Waals surface area contributed by atoms with Gasteiger partial charge in [-0.15, -0.1) is 6.42 Å². The molecule has 1 rings (SSSR count). The van der Waals surface area contributed by atoms with Crippen LogP contribution in [0, 0.1) is 12.3 Å². The molecule has 0 bridgehead atoms. The molecular formula is C10H17N3O. The third-order valence-electron chi connectivity index (χ3n) is 2.21. The van der Waals surface area contributed by atoms with Crippen LogP contribution in [-0.4, -0.2) is 49.6 Å². The smallest absolute Gasteiger partial charge is 0.234 e. The van der Waals surface area contributed by atoms with E-state index in [1.807, 2.05) is 0 Å². The van der Waals surface area contributed by atoms with Crippen molar-refractivity contribution >= 4 is 5.91 Å². The molecule has 1 aliphatic rings. The predicted molar refractivity (Wildman–Crippen MR) is 55.7 cm³/mol. The van der Waals surface area contributed by atoms with Crippen LogP contribution in [0.2, 0.25) is 0 Å². The van der Waals surface area contributed by atoms with Crippen molar-refractivity contribution < 1.29 is 4.79 Å². The Bertz CT molecular complexity index is 234. The van der Waals surface area contributed by atoms with Crippen LogP contribution in [0.15, 0.2) is 0 Å². The summed E-state index contributed by atoms with van der Waals surface area (Å²) < 4.78 is 0. The molecule has 2 N–H and O–H groups in total. The Labute approximate surface area is 85.0 Å². The lowest BCUT2D eigenvalue weighted by Gasteiger charge is -2.31. The van der Waals surface area contributed by atoms with E-state index in [1.165, 1.54) is 0 Å². The number of nitrogens with zero attached hydrogens (tertiary/aromatic N) is 1. The zero-order chi connectivity index (χ0) is 10.4. The Morgan fingerprint density at radius 1 is 1.79 bits per heavy atom. The molecule has 0 spiro atoms. The molecule has 0 aromatic heterocycles. The van der Waals surface area contributed by atoms with Gasteiger partial charge in [0.1, 0.15) is 0 Å². The second-order valence-electron chi connectivity index (χ2n) is 3.57. The van der Waals surface area contributed by atoms with Crippen LogP contribution in [0.4, 0.5) is 0 Å². The average molecular weight is 195 g/mol. The Balaban J connectivity index is 2.22. The number of hydrogen-bond donors (Lipinski definition) is 2. The monoisotopic (exact) mass is 195 g/mol. The van der Waals surface area contributed by atoms with E-state index in [0.717, 1.165) is 19.6 Å². The maximum Gasteiger partial charge on any atom is 0.234 e. The van der Waals surface area contributed by atoms with E-state index in [1.54, 1.807) is 0 Å². The molecule has 0 saturated carbocycles. The van der Waals surface area contributed by atoms with Crippen LogP contribution in [0.25, 0.3) is 0 Å². The van der Waals surface area contributed by atoms with E-state index in [2.05, 4.69) is 28.4 Å². The number of carbonyl (C=O) groups is 1. The number of rotatable bonds is 3. The topological polar surface area (TPSA) is 44.4 Å². The summed E-state index contributed by atoms with van der Waals surface area (Å²) in [6.45, 7) is 5.68. The summed E-state index contributed by atoms with van der Waals surface area (Å²) in [7, 11) is 0. The molecule has 0 aromatic carbocycles. The number of terminal acetylenes is 1. The highest BCUT2D eigenvalue weighted by Gasteiger charge is 2.17. The number of piperazine rings is 1. The molecule has 1 saturated heterocycles. The van der Waals surface area contributed by atoms with Crippen LogP contribution >= 0.6 is 0 Å². The minimum atomic E-state index is 0.0112. The predicted octanol–water partition coefficient (Wildman–Crippen LogP) is -0.970. The number of hydrogen-bond acceptors (Lipinski definition) is 3. The van der Waals surface area contributed by atoms with Crippen LogP contribution < -0.4 is 10.6 Å². The maximum absolute atomic E-state index is 11.3. The maximum atomic E-state index is 11.3. The quantitative estimate of drug-likeness (QED) is 0.570. The van der Waals surface area contributed by atoms with Crippen LogP contribution in [0.1, 0.15) is 6.92 Å². The Morgan fingerprint density at radius 3 is 3.21 bits per heavy atom. The minimum Gasteiger partial charge on any atom is -0.344 e. The Hall–Kier alpha value is -1.05. The van der Waals surface area contributed by atoms with Gasteiger partial charge in [0.2, 0.25) is 5.91 Å². The number of nitrogens with one attached hydrogen (secondary N) is 2. The standard InChI is InChI=1S/C10H17N3O/c1-3-4-12-10(14)8-13-6-5-11-9(2)7-13/h1,9,11H,4-8H2,2H3,(H,12,14). The molecule has 0 aliphatic carbocycles. The van der Waals surface area contributed by atoms with E-state index in [0.29, 0.717) is 19.1 Å². The van der Waals surface area contributed by atoms with Crippen molar-refractivity contribution in [1.29, 1.82) is 0 Å². The van der Waals surface area contributed by atoms with Crippen molar-refractivity contribution in [3.63, 3.8) is 0 Å². The van der Waals surface area contributed by atoms with Gasteiger partial charge in [-0.1, -0.05) is 5.92 Å². The van der Waals surface area contributed by atoms with Gasteiger partial charge in [-0.05, 0) is 6.92 Å². The molecule has 78 valence electrons. The molecule has 1 aliphatic heterocycles. The molecule has 1 fully saturated rings. The van der Waals surface area contributed by atoms with Gasteiger partial charge in [-0.25, -0.2) is 0 Å². The lowest BCUT2D eigenvalue weighted by atomic mass is 10.2. The lowest BCUT2D eigenvalue weighted by Crippen LogP contribution is -2.51. The first-order valence-electron chi connectivity index (χ1n) is 4.88. The lowest BCUT2D eigenvalue weighted by molar-refractivity contribution is -0.122. The van der Waals surface area contributed by atoms with Gasteiger partial charge in [0.05, 0.1) is 13.1 Å². The summed E-state index contributed by atoms with van der Waals surface area (Å²) in [5.41, 5.74) is 0. The van der Waals surface area contributed by atoms with Gasteiger partial charge in [-0.3, -0.25) is 9.69 Å². The van der Waals surface area contributed by atoms with Gasteiger partial charge >= 0.3 is 0 Å². The van der Waals surface area contributed by atoms with E-state index in [9.17, 15) is 4.79 Å². The summed E-state index contributed by atoms with van der Waals surface area (Å²) in [5.74, 6) is 2.39. The minimum absolute atomic E-state index is 0.0112. The molecule has 1 atom stereocenters. The summed E-state index contributed by atoms with van der Waals surface area (Å²) in [4.78, 5) is 13.4. The molecule has 0 aromatic rings. The third-order valence-corrected chi connectivity index (χ3v) is 2.21. The fraction of sp³-hybridized carbons (Fsp3) is 0.700. The summed E-state index contributed by atoms with van der Waals surface area (Å²) in [5, 5.41) is 5.98. The fourth-order valence-electron chi connectivity index (χ4n) is 1.56. The van der Waals surface area contributed by atoms with Crippen LogP contribution in [-0.2, 0) is 4.79 Å². The first kappa shape index (κ1) is 11.0. The largest absolute Gasteiger partial charge is 0.344 e. The van der Waals surface area contributed by atoms with Crippen molar-refractivity contribution in [3.05, 3.63) is 0 Å². The summed E-state index contributed by atoms with van der Waals surface area (Å²) >= 11 is 0. The summed E-state index contributed by atoms with van der Waals surface area (Å²) in [6.07, 6.45) is 5.04. The van der Waals surface area contributed by atoms with E-state index in [-0.39, 0.29) is 5.91 Å². The first-order chi connectivity index (χ1) is 6.72. The van der Waals surface area contributed by atoms with E-state index < -0.39 is 0 Å². The highest BCUT2D eigenvalue weighted by molar-refractivity contribution is 5.78. The highest BCUT2D eigenvalue weighted by Crippen LogP contribution is 1.97. The SMILES string of the molecule is C#CCNC(=O)CN1CCNC(C)C1. The van der Waals surface area contributed by atoms with Gasteiger partial charge in [0, 0.05) is 25.7 Å². The van der Waals surface area contributed by atoms with Gasteiger partial charge < -0.3 is 10.6 Å². The Morgan fingerprint density at radius 2 is 2.57 bits per heavy atom. The summed E-state index contributed by atoms with van der Waals surface area (Å²) in [6, 6.07) is 0.462. The Kier molecular flexibility index (Phi) is 4.44. The van der Waals surface area contributed by atoms with Crippen molar-refractivity contribution in [3.8, 4) is 12.3 Å². The van der Waals surface area contributed by atoms with Crippen molar-refractivity contribution in [1.82, 2.24) is 15.5 Å². The molecule has 1 amide bonds. The molecule has 4 heteroatoms. The third kappa shape index (κ3) is 3.77. The molecule has 1 heterocycles. The molecule has 4 nitrogen and oxygen atoms in total. The van der Waals surface area contributed by atoms with E-state index in [4.69, 9.17) is 6.42 Å². The van der Waals surface area contributed by atoms with Crippen LogP contribution in [0.5, 0.6) is 0 Å². The van der Waals surface area contributed by atoms with E-state index >= 15 is 0 Å². The molecule has 1 unspecified atom stereocenters. The van der Waals surface area contributed by atoms with Gasteiger partial charge in [0.15, 0.2) is 0 Å². The second-order valence-corrected chi connectivity index (χ2v) is 3.57. The number of amides is 1. The van der Waals surface area contributed by atoms with Crippen molar-refractivity contribution in [2.24, 2.45) is 0 Å². The number of carbonyl (C=O) groups excluding carboxylic acids is 1. The van der Waals surface area contributed by atoms with Crippen LogP contribution in [0.3, 0.4) is 0 Å². The van der Waals surface area contributed by atoms with Crippen molar-refractivity contribution in [2.45, 2.75) is 13.0 Å². The highest BCUT2D eigenvalue weighted by atomic mass is 16.2. The zero-order valence-electron chi connectivity index (χ0n) is 8.55. The van der Waals surface area contributed by atoms with Crippen molar-refractivity contribution in [2.75, 3.05) is 32.7 Å². The molecule has 0 radical (unpaired) electrons. The fourth-order valence-corrected chi connectivity index (χ4v) is 1.56. The van der Waals surface area contributed by atoms with Gasteiger partial charge in [-0.2, -0.15) is 0 Å². The molecule has 14 heavy (non-hydrogen) atoms. The zero-order valence-corrected chi connectivity index (χ0v) is 8.55. The average Bonchev–Trinajstić information content (AvgIpc) is 2.15. The second kappa shape index (κ2) is 5.63.